The Balaban J connectivity index is 3.03. The van der Waals surface area contributed by atoms with E-state index in [0.717, 1.165) is 0 Å². The molecule has 0 heterocycles. The second-order valence-electron chi connectivity index (χ2n) is 4.27. The van der Waals surface area contributed by atoms with Crippen LogP contribution in [0.15, 0.2) is 24.3 Å². The summed E-state index contributed by atoms with van der Waals surface area (Å²) in [6.07, 6.45) is -0.0441. The van der Waals surface area contributed by atoms with Gasteiger partial charge in [0, 0.05) is 0 Å². The number of hydrogen-bond acceptors (Lipinski definition) is 5. The molecule has 0 aliphatic carbocycles. The molecule has 1 aromatic carbocycles. The molecule has 19 heavy (non-hydrogen) atoms. The van der Waals surface area contributed by atoms with E-state index in [-0.39, 0.29) is 6.42 Å². The Hall–Kier alpha value is -2.35. The van der Waals surface area contributed by atoms with Crippen molar-refractivity contribution in [3.8, 4) is 6.07 Å². The normalized spacial score (nSPS) is 12.9. The minimum absolute atomic E-state index is 0.0441. The van der Waals surface area contributed by atoms with Crippen molar-refractivity contribution in [2.24, 2.45) is 0 Å². The van der Waals surface area contributed by atoms with Crippen molar-refractivity contribution in [1.29, 1.82) is 5.26 Å². The number of rotatable bonds is 4. The SMILES string of the molecule is COC(=O)CC(C)(C#N)c1ccc(C(=O)OC)cc1. The van der Waals surface area contributed by atoms with E-state index in [2.05, 4.69) is 15.5 Å². The molecule has 1 atom stereocenters. The summed E-state index contributed by atoms with van der Waals surface area (Å²) in [5.74, 6) is -0.903. The van der Waals surface area contributed by atoms with Gasteiger partial charge < -0.3 is 9.47 Å². The van der Waals surface area contributed by atoms with E-state index in [4.69, 9.17) is 0 Å². The summed E-state index contributed by atoms with van der Waals surface area (Å²) in [4.78, 5) is 22.6. The van der Waals surface area contributed by atoms with E-state index < -0.39 is 17.4 Å². The lowest BCUT2D eigenvalue weighted by molar-refractivity contribution is -0.141. The quantitative estimate of drug-likeness (QED) is 0.772. The summed E-state index contributed by atoms with van der Waals surface area (Å²) in [5, 5.41) is 9.26. The predicted octanol–water partition coefficient (Wildman–Crippen LogP) is 1.82. The van der Waals surface area contributed by atoms with Gasteiger partial charge in [-0.15, -0.1) is 0 Å². The van der Waals surface area contributed by atoms with Crippen LogP contribution in [0.3, 0.4) is 0 Å². The van der Waals surface area contributed by atoms with Crippen molar-refractivity contribution in [2.45, 2.75) is 18.8 Å². The van der Waals surface area contributed by atoms with E-state index in [1.54, 1.807) is 31.2 Å². The van der Waals surface area contributed by atoms with Crippen molar-refractivity contribution in [3.63, 3.8) is 0 Å². The van der Waals surface area contributed by atoms with Gasteiger partial charge in [-0.2, -0.15) is 5.26 Å². The molecule has 0 bridgehead atoms. The van der Waals surface area contributed by atoms with Gasteiger partial charge in [0.05, 0.1) is 37.7 Å². The van der Waals surface area contributed by atoms with Crippen LogP contribution in [0, 0.1) is 11.3 Å². The predicted molar refractivity (Wildman–Crippen MR) is 67.4 cm³/mol. The van der Waals surface area contributed by atoms with Crippen LogP contribution in [-0.4, -0.2) is 26.2 Å². The maximum absolute atomic E-state index is 11.3. The molecule has 1 rings (SSSR count). The molecule has 5 heteroatoms. The zero-order chi connectivity index (χ0) is 14.5. The van der Waals surface area contributed by atoms with Gasteiger partial charge in [-0.05, 0) is 24.6 Å². The second kappa shape index (κ2) is 6.01. The van der Waals surface area contributed by atoms with Crippen molar-refractivity contribution >= 4 is 11.9 Å². The van der Waals surface area contributed by atoms with Gasteiger partial charge in [0.2, 0.25) is 0 Å². The standard InChI is InChI=1S/C14H15NO4/c1-14(9-15,8-12(16)18-2)11-6-4-10(5-7-11)13(17)19-3/h4-7H,8H2,1-3H3. The number of methoxy groups -OCH3 is 2. The monoisotopic (exact) mass is 261 g/mol. The molecular weight excluding hydrogens is 246 g/mol. The van der Waals surface area contributed by atoms with Crippen LogP contribution in [0.5, 0.6) is 0 Å². The van der Waals surface area contributed by atoms with Gasteiger partial charge in [0.1, 0.15) is 0 Å². The molecule has 0 fully saturated rings. The Kier molecular flexibility index (Phi) is 4.65. The molecule has 0 aliphatic rings. The number of carbonyl (C=O) groups excluding carboxylic acids is 2. The maximum atomic E-state index is 11.3. The zero-order valence-corrected chi connectivity index (χ0v) is 11.1. The highest BCUT2D eigenvalue weighted by Gasteiger charge is 2.30. The zero-order valence-electron chi connectivity index (χ0n) is 11.1. The Morgan fingerprint density at radius 2 is 1.79 bits per heavy atom. The number of esters is 2. The molecule has 0 saturated carbocycles. The van der Waals surface area contributed by atoms with Crippen molar-refractivity contribution in [3.05, 3.63) is 35.4 Å². The average Bonchev–Trinajstić information content (AvgIpc) is 2.46. The lowest BCUT2D eigenvalue weighted by Crippen LogP contribution is -2.24. The summed E-state index contributed by atoms with van der Waals surface area (Å²) in [6.45, 7) is 1.65. The fraction of sp³-hybridized carbons (Fsp3) is 0.357. The molecule has 5 nitrogen and oxygen atoms in total. The first-order chi connectivity index (χ1) is 8.96. The van der Waals surface area contributed by atoms with Crippen LogP contribution in [-0.2, 0) is 19.7 Å². The number of benzene rings is 1. The van der Waals surface area contributed by atoms with E-state index >= 15 is 0 Å². The fourth-order valence-electron chi connectivity index (χ4n) is 1.66. The number of nitrogens with zero attached hydrogens (tertiary/aromatic N) is 1. The molecule has 0 N–H and O–H groups in total. The lowest BCUT2D eigenvalue weighted by Gasteiger charge is -2.20. The van der Waals surface area contributed by atoms with Crippen LogP contribution in [0.25, 0.3) is 0 Å². The van der Waals surface area contributed by atoms with Gasteiger partial charge >= 0.3 is 11.9 Å². The number of ether oxygens (including phenoxy) is 2. The summed E-state index contributed by atoms with van der Waals surface area (Å²) in [5.41, 5.74) is 0.0551. The molecule has 0 spiro atoms. The molecule has 0 aliphatic heterocycles. The van der Waals surface area contributed by atoms with Crippen molar-refractivity contribution in [1.82, 2.24) is 0 Å². The molecular formula is C14H15NO4. The first kappa shape index (κ1) is 14.7. The highest BCUT2D eigenvalue weighted by atomic mass is 16.5. The Morgan fingerprint density at radius 1 is 1.21 bits per heavy atom. The van der Waals surface area contributed by atoms with Crippen LogP contribution in [0.4, 0.5) is 0 Å². The Labute approximate surface area is 111 Å². The van der Waals surface area contributed by atoms with E-state index in [0.29, 0.717) is 11.1 Å². The largest absolute Gasteiger partial charge is 0.469 e. The molecule has 0 aromatic heterocycles. The minimum atomic E-state index is -0.984. The lowest BCUT2D eigenvalue weighted by atomic mass is 9.81. The number of nitriles is 1. The number of carbonyl (C=O) groups is 2. The molecule has 0 radical (unpaired) electrons. The average molecular weight is 261 g/mol. The Morgan fingerprint density at radius 3 is 2.21 bits per heavy atom. The van der Waals surface area contributed by atoms with Gasteiger partial charge in [0.25, 0.3) is 0 Å². The summed E-state index contributed by atoms with van der Waals surface area (Å²) in [7, 11) is 2.58. The molecule has 100 valence electrons. The highest BCUT2D eigenvalue weighted by molar-refractivity contribution is 5.89. The minimum Gasteiger partial charge on any atom is -0.469 e. The number of hydrogen-bond donors (Lipinski definition) is 0. The molecule has 1 unspecified atom stereocenters. The third-order valence-electron chi connectivity index (χ3n) is 2.92. The maximum Gasteiger partial charge on any atom is 0.337 e. The van der Waals surface area contributed by atoms with Crippen molar-refractivity contribution < 1.29 is 19.1 Å². The highest BCUT2D eigenvalue weighted by Crippen LogP contribution is 2.27. The summed E-state index contributed by atoms with van der Waals surface area (Å²) in [6, 6.07) is 8.51. The Bertz CT molecular complexity index is 515. The van der Waals surface area contributed by atoms with E-state index in [1.165, 1.54) is 14.2 Å². The smallest absolute Gasteiger partial charge is 0.337 e. The molecule has 0 saturated heterocycles. The van der Waals surface area contributed by atoms with Gasteiger partial charge in [-0.1, -0.05) is 12.1 Å². The van der Waals surface area contributed by atoms with E-state index in [1.807, 2.05) is 0 Å². The summed E-state index contributed by atoms with van der Waals surface area (Å²) >= 11 is 0. The van der Waals surface area contributed by atoms with Gasteiger partial charge in [-0.3, -0.25) is 4.79 Å². The first-order valence-corrected chi connectivity index (χ1v) is 5.64. The molecule has 1 aromatic rings. The van der Waals surface area contributed by atoms with Crippen LogP contribution in [0.2, 0.25) is 0 Å². The van der Waals surface area contributed by atoms with Crippen LogP contribution in [0.1, 0.15) is 29.3 Å². The second-order valence-corrected chi connectivity index (χ2v) is 4.27. The van der Waals surface area contributed by atoms with Gasteiger partial charge in [0.15, 0.2) is 0 Å². The third kappa shape index (κ3) is 3.32. The molecule has 0 amide bonds. The third-order valence-corrected chi connectivity index (χ3v) is 2.92. The topological polar surface area (TPSA) is 76.4 Å². The van der Waals surface area contributed by atoms with Crippen LogP contribution >= 0.6 is 0 Å². The first-order valence-electron chi connectivity index (χ1n) is 5.64. The fourth-order valence-corrected chi connectivity index (χ4v) is 1.66. The van der Waals surface area contributed by atoms with Crippen molar-refractivity contribution in [2.75, 3.05) is 14.2 Å². The van der Waals surface area contributed by atoms with Gasteiger partial charge in [-0.25, -0.2) is 4.79 Å². The van der Waals surface area contributed by atoms with E-state index in [9.17, 15) is 14.9 Å². The van der Waals surface area contributed by atoms with Crippen LogP contribution < -0.4 is 0 Å². The summed E-state index contributed by atoms with van der Waals surface area (Å²) < 4.78 is 9.18.